The van der Waals surface area contributed by atoms with Gasteiger partial charge in [0.05, 0.1) is 10.7 Å². The van der Waals surface area contributed by atoms with Crippen LogP contribution in [-0.2, 0) is 6.54 Å². The highest BCUT2D eigenvalue weighted by Gasteiger charge is 2.11. The molecule has 0 aliphatic rings. The molecule has 0 spiro atoms. The van der Waals surface area contributed by atoms with Gasteiger partial charge in [0.25, 0.3) is 0 Å². The molecule has 0 saturated heterocycles. The number of rotatable bonds is 7. The molecule has 1 aromatic heterocycles. The Hall–Kier alpha value is -0.860. The highest BCUT2D eigenvalue weighted by Crippen LogP contribution is 2.16. The number of allylic oxidation sites excluding steroid dienone is 1. The van der Waals surface area contributed by atoms with Gasteiger partial charge in [-0.15, -0.1) is 0 Å². The van der Waals surface area contributed by atoms with Crippen molar-refractivity contribution >= 4 is 11.6 Å². The lowest BCUT2D eigenvalue weighted by Crippen LogP contribution is -2.29. The predicted octanol–water partition coefficient (Wildman–Crippen LogP) is 4.55. The molecule has 0 fully saturated rings. The summed E-state index contributed by atoms with van der Waals surface area (Å²) in [5.41, 5.74) is 2.41. The summed E-state index contributed by atoms with van der Waals surface area (Å²) in [6.45, 7) is 11.7. The molecular formula is C16H25ClN2. The number of aromatic nitrogens is 1. The van der Waals surface area contributed by atoms with E-state index in [1.165, 1.54) is 5.57 Å². The molecule has 2 nitrogen and oxygen atoms in total. The molecule has 0 saturated carbocycles. The van der Waals surface area contributed by atoms with Gasteiger partial charge in [0.1, 0.15) is 0 Å². The fourth-order valence-corrected chi connectivity index (χ4v) is 2.16. The third kappa shape index (κ3) is 6.22. The molecule has 0 bridgehead atoms. The van der Waals surface area contributed by atoms with Crippen LogP contribution in [0.3, 0.4) is 0 Å². The first-order chi connectivity index (χ1) is 9.02. The maximum atomic E-state index is 6.19. The second-order valence-electron chi connectivity index (χ2n) is 5.45. The summed E-state index contributed by atoms with van der Waals surface area (Å²) < 4.78 is 0. The van der Waals surface area contributed by atoms with E-state index in [1.807, 2.05) is 18.3 Å². The Morgan fingerprint density at radius 2 is 2.21 bits per heavy atom. The molecule has 19 heavy (non-hydrogen) atoms. The van der Waals surface area contributed by atoms with E-state index >= 15 is 0 Å². The van der Waals surface area contributed by atoms with Crippen LogP contribution in [0.25, 0.3) is 0 Å². The van der Waals surface area contributed by atoms with Crippen molar-refractivity contribution in [2.75, 3.05) is 13.1 Å². The van der Waals surface area contributed by atoms with Gasteiger partial charge in [0.15, 0.2) is 0 Å². The van der Waals surface area contributed by atoms with E-state index in [0.717, 1.165) is 36.8 Å². The van der Waals surface area contributed by atoms with Crippen LogP contribution in [-0.4, -0.2) is 23.0 Å². The molecule has 0 atom stereocenters. The monoisotopic (exact) mass is 280 g/mol. The molecule has 0 amide bonds. The van der Waals surface area contributed by atoms with Crippen LogP contribution in [0.15, 0.2) is 30.0 Å². The summed E-state index contributed by atoms with van der Waals surface area (Å²) in [7, 11) is 0. The van der Waals surface area contributed by atoms with Crippen molar-refractivity contribution in [2.24, 2.45) is 5.92 Å². The van der Waals surface area contributed by atoms with Crippen molar-refractivity contribution in [2.45, 2.75) is 40.7 Å². The van der Waals surface area contributed by atoms with Crippen molar-refractivity contribution in [1.82, 2.24) is 9.88 Å². The highest BCUT2D eigenvalue weighted by molar-refractivity contribution is 6.31. The van der Waals surface area contributed by atoms with Crippen LogP contribution >= 0.6 is 11.6 Å². The zero-order valence-electron chi connectivity index (χ0n) is 12.5. The maximum Gasteiger partial charge on any atom is 0.0729 e. The van der Waals surface area contributed by atoms with Crippen molar-refractivity contribution in [1.29, 1.82) is 0 Å². The lowest BCUT2D eigenvalue weighted by molar-refractivity contribution is 0.236. The molecule has 1 heterocycles. The Balaban J connectivity index is 2.66. The van der Waals surface area contributed by atoms with Crippen molar-refractivity contribution in [3.8, 4) is 0 Å². The molecule has 106 valence electrons. The minimum Gasteiger partial charge on any atom is -0.297 e. The summed E-state index contributed by atoms with van der Waals surface area (Å²) in [6, 6.07) is 3.79. The normalized spacial score (nSPS) is 12.5. The lowest BCUT2D eigenvalue weighted by Gasteiger charge is -2.24. The van der Waals surface area contributed by atoms with E-state index in [0.29, 0.717) is 5.92 Å². The van der Waals surface area contributed by atoms with Crippen LogP contribution in [0, 0.1) is 5.92 Å². The zero-order chi connectivity index (χ0) is 14.3. The molecule has 0 N–H and O–H groups in total. The SMILES string of the molecule is C/C=C(\C)CCN(Cc1ncccc1Cl)CC(C)C. The Morgan fingerprint density at radius 3 is 2.79 bits per heavy atom. The van der Waals surface area contributed by atoms with Gasteiger partial charge >= 0.3 is 0 Å². The minimum absolute atomic E-state index is 0.647. The Morgan fingerprint density at radius 1 is 1.47 bits per heavy atom. The average molecular weight is 281 g/mol. The van der Waals surface area contributed by atoms with Gasteiger partial charge in [-0.05, 0) is 38.3 Å². The van der Waals surface area contributed by atoms with Gasteiger partial charge < -0.3 is 0 Å². The average Bonchev–Trinajstić information content (AvgIpc) is 2.37. The lowest BCUT2D eigenvalue weighted by atomic mass is 10.1. The van der Waals surface area contributed by atoms with Gasteiger partial charge in [-0.25, -0.2) is 0 Å². The summed E-state index contributed by atoms with van der Waals surface area (Å²) in [6.07, 6.45) is 5.10. The van der Waals surface area contributed by atoms with Crippen LogP contribution in [0.5, 0.6) is 0 Å². The van der Waals surface area contributed by atoms with Gasteiger partial charge in [0, 0.05) is 25.8 Å². The summed E-state index contributed by atoms with van der Waals surface area (Å²) in [5.74, 6) is 0.647. The highest BCUT2D eigenvalue weighted by atomic mass is 35.5. The fourth-order valence-electron chi connectivity index (χ4n) is 1.98. The number of nitrogens with zero attached hydrogens (tertiary/aromatic N) is 2. The second kappa shape index (κ2) is 8.34. The van der Waals surface area contributed by atoms with Crippen LogP contribution in [0.1, 0.15) is 39.8 Å². The number of hydrogen-bond donors (Lipinski definition) is 0. The third-order valence-corrected chi connectivity index (χ3v) is 3.49. The molecule has 0 aromatic carbocycles. The van der Waals surface area contributed by atoms with E-state index < -0.39 is 0 Å². The number of halogens is 1. The molecule has 3 heteroatoms. The standard InChI is InChI=1S/C16H25ClN2/c1-5-14(4)8-10-19(11-13(2)3)12-16-15(17)7-6-9-18-16/h5-7,9,13H,8,10-12H2,1-4H3/b14-5+. The Labute approximate surface area is 122 Å². The fraction of sp³-hybridized carbons (Fsp3) is 0.562. The first kappa shape index (κ1) is 16.2. The third-order valence-electron chi connectivity index (χ3n) is 3.15. The largest absolute Gasteiger partial charge is 0.297 e. The topological polar surface area (TPSA) is 16.1 Å². The first-order valence-corrected chi connectivity index (χ1v) is 7.34. The van der Waals surface area contributed by atoms with Crippen molar-refractivity contribution in [3.05, 3.63) is 40.7 Å². The summed E-state index contributed by atoms with van der Waals surface area (Å²) in [4.78, 5) is 6.82. The Bertz CT molecular complexity index is 413. The molecule has 1 aromatic rings. The van der Waals surface area contributed by atoms with E-state index in [4.69, 9.17) is 11.6 Å². The van der Waals surface area contributed by atoms with Crippen LogP contribution < -0.4 is 0 Å². The van der Waals surface area contributed by atoms with Crippen LogP contribution in [0.2, 0.25) is 5.02 Å². The molecular weight excluding hydrogens is 256 g/mol. The summed E-state index contributed by atoms with van der Waals surface area (Å²) >= 11 is 6.19. The van der Waals surface area contributed by atoms with Gasteiger partial charge in [-0.2, -0.15) is 0 Å². The predicted molar refractivity (Wildman–Crippen MR) is 83.4 cm³/mol. The van der Waals surface area contributed by atoms with Gasteiger partial charge in [-0.3, -0.25) is 9.88 Å². The van der Waals surface area contributed by atoms with Crippen LogP contribution in [0.4, 0.5) is 0 Å². The van der Waals surface area contributed by atoms with E-state index in [1.54, 1.807) is 0 Å². The minimum atomic E-state index is 0.647. The molecule has 0 radical (unpaired) electrons. The van der Waals surface area contributed by atoms with Gasteiger partial charge in [0.2, 0.25) is 0 Å². The second-order valence-corrected chi connectivity index (χ2v) is 5.85. The summed E-state index contributed by atoms with van der Waals surface area (Å²) in [5, 5.41) is 0.763. The Kier molecular flexibility index (Phi) is 7.11. The van der Waals surface area contributed by atoms with E-state index in [9.17, 15) is 0 Å². The maximum absolute atomic E-state index is 6.19. The smallest absolute Gasteiger partial charge is 0.0729 e. The van der Waals surface area contributed by atoms with Crippen molar-refractivity contribution < 1.29 is 0 Å². The quantitative estimate of drug-likeness (QED) is 0.681. The van der Waals surface area contributed by atoms with Crippen molar-refractivity contribution in [3.63, 3.8) is 0 Å². The van der Waals surface area contributed by atoms with Gasteiger partial charge in [-0.1, -0.05) is 37.1 Å². The first-order valence-electron chi connectivity index (χ1n) is 6.96. The zero-order valence-corrected chi connectivity index (χ0v) is 13.2. The molecule has 1 rings (SSSR count). The number of hydrogen-bond acceptors (Lipinski definition) is 2. The molecule has 0 aliphatic carbocycles. The molecule has 0 unspecified atom stereocenters. The van der Waals surface area contributed by atoms with E-state index in [2.05, 4.69) is 43.7 Å². The van der Waals surface area contributed by atoms with E-state index in [-0.39, 0.29) is 0 Å². The molecule has 0 aliphatic heterocycles. The number of pyridine rings is 1.